The zero-order chi connectivity index (χ0) is 21.8. The smallest absolute Gasteiger partial charge is 0.248 e. The molecule has 0 atom stereocenters. The molecule has 0 radical (unpaired) electrons. The van der Waals surface area contributed by atoms with Crippen LogP contribution in [0.1, 0.15) is 36.9 Å². The lowest BCUT2D eigenvalue weighted by Gasteiger charge is -2.28. The first-order valence-corrected chi connectivity index (χ1v) is 10.7. The standard InChI is InChI=1S/C24H23ClF3N3/c25-21-15-29-19(12-16-7-9-24(27,28)10-8-16)13-20(21)22-5-2-6-23(31-22)30-14-17-3-1-4-18(26)11-17/h1-6,11,13,15-16H,7-10,12,14H2,(H,30,31). The van der Waals surface area contributed by atoms with E-state index in [2.05, 4.69) is 15.3 Å². The van der Waals surface area contributed by atoms with Gasteiger partial charge < -0.3 is 5.32 Å². The molecule has 2 aromatic heterocycles. The molecule has 162 valence electrons. The average molecular weight is 446 g/mol. The number of nitrogens with zero attached hydrogens (tertiary/aromatic N) is 2. The van der Waals surface area contributed by atoms with E-state index in [9.17, 15) is 13.2 Å². The highest BCUT2D eigenvalue weighted by atomic mass is 35.5. The number of pyridine rings is 2. The molecule has 1 aromatic carbocycles. The topological polar surface area (TPSA) is 37.8 Å². The van der Waals surface area contributed by atoms with Gasteiger partial charge in [-0.15, -0.1) is 0 Å². The molecular formula is C24H23ClF3N3. The molecule has 1 N–H and O–H groups in total. The summed E-state index contributed by atoms with van der Waals surface area (Å²) in [5.41, 5.74) is 3.08. The molecule has 7 heteroatoms. The number of hydrogen-bond acceptors (Lipinski definition) is 3. The first kappa shape index (κ1) is 21.6. The summed E-state index contributed by atoms with van der Waals surface area (Å²) in [5, 5.41) is 3.68. The first-order chi connectivity index (χ1) is 14.9. The summed E-state index contributed by atoms with van der Waals surface area (Å²) in [6, 6.07) is 13.9. The maximum absolute atomic E-state index is 13.4. The van der Waals surface area contributed by atoms with Gasteiger partial charge >= 0.3 is 0 Å². The molecule has 0 spiro atoms. The van der Waals surface area contributed by atoms with Crippen molar-refractivity contribution < 1.29 is 13.2 Å². The maximum Gasteiger partial charge on any atom is 0.248 e. The number of rotatable bonds is 6. The van der Waals surface area contributed by atoms with Crippen molar-refractivity contribution in [2.24, 2.45) is 5.92 Å². The molecule has 1 fully saturated rings. The minimum absolute atomic E-state index is 0.0568. The van der Waals surface area contributed by atoms with Crippen molar-refractivity contribution in [3.63, 3.8) is 0 Å². The molecular weight excluding hydrogens is 423 g/mol. The number of anilines is 1. The van der Waals surface area contributed by atoms with E-state index >= 15 is 0 Å². The first-order valence-electron chi connectivity index (χ1n) is 10.4. The minimum atomic E-state index is -2.53. The fraction of sp³-hybridized carbons (Fsp3) is 0.333. The van der Waals surface area contributed by atoms with Crippen LogP contribution in [0.15, 0.2) is 54.7 Å². The number of halogens is 4. The third-order valence-corrected chi connectivity index (χ3v) is 5.94. The largest absolute Gasteiger partial charge is 0.366 e. The lowest BCUT2D eigenvalue weighted by atomic mass is 9.84. The van der Waals surface area contributed by atoms with Gasteiger partial charge in [0.15, 0.2) is 0 Å². The molecule has 4 rings (SSSR count). The van der Waals surface area contributed by atoms with Gasteiger partial charge in [-0.05, 0) is 61.1 Å². The molecule has 0 bridgehead atoms. The van der Waals surface area contributed by atoms with Gasteiger partial charge in [-0.3, -0.25) is 4.98 Å². The fourth-order valence-electron chi connectivity index (χ4n) is 3.91. The van der Waals surface area contributed by atoms with Crippen molar-refractivity contribution in [1.29, 1.82) is 0 Å². The number of alkyl halides is 2. The van der Waals surface area contributed by atoms with Crippen LogP contribution in [0.2, 0.25) is 5.02 Å². The van der Waals surface area contributed by atoms with E-state index in [1.54, 1.807) is 12.3 Å². The van der Waals surface area contributed by atoms with Crippen LogP contribution in [-0.4, -0.2) is 15.9 Å². The van der Waals surface area contributed by atoms with Gasteiger partial charge in [0, 0.05) is 36.8 Å². The van der Waals surface area contributed by atoms with E-state index in [0.29, 0.717) is 42.3 Å². The van der Waals surface area contributed by atoms with E-state index in [4.69, 9.17) is 11.6 Å². The Hall–Kier alpha value is -2.60. The third kappa shape index (κ3) is 5.76. The van der Waals surface area contributed by atoms with Gasteiger partial charge in [-0.1, -0.05) is 29.8 Å². The number of aromatic nitrogens is 2. The second-order valence-corrected chi connectivity index (χ2v) is 8.46. The summed E-state index contributed by atoms with van der Waals surface area (Å²) < 4.78 is 40.2. The van der Waals surface area contributed by atoms with Crippen LogP contribution in [0.5, 0.6) is 0 Å². The number of benzene rings is 1. The van der Waals surface area contributed by atoms with Crippen LogP contribution in [0.4, 0.5) is 19.0 Å². The lowest BCUT2D eigenvalue weighted by Crippen LogP contribution is -2.25. The maximum atomic E-state index is 13.4. The lowest BCUT2D eigenvalue weighted by molar-refractivity contribution is -0.0457. The quantitative estimate of drug-likeness (QED) is 0.447. The van der Waals surface area contributed by atoms with Gasteiger partial charge in [0.25, 0.3) is 0 Å². The van der Waals surface area contributed by atoms with Gasteiger partial charge in [0.1, 0.15) is 11.6 Å². The van der Waals surface area contributed by atoms with Crippen LogP contribution in [-0.2, 0) is 13.0 Å². The van der Waals surface area contributed by atoms with E-state index in [1.807, 2.05) is 30.3 Å². The second kappa shape index (κ2) is 9.27. The van der Waals surface area contributed by atoms with Gasteiger partial charge in [0.2, 0.25) is 5.92 Å². The molecule has 31 heavy (non-hydrogen) atoms. The molecule has 1 saturated carbocycles. The Morgan fingerprint density at radius 3 is 2.61 bits per heavy atom. The predicted molar refractivity (Wildman–Crippen MR) is 117 cm³/mol. The van der Waals surface area contributed by atoms with Crippen molar-refractivity contribution in [2.75, 3.05) is 5.32 Å². The van der Waals surface area contributed by atoms with E-state index in [0.717, 1.165) is 16.8 Å². The monoisotopic (exact) mass is 445 g/mol. The fourth-order valence-corrected chi connectivity index (χ4v) is 4.11. The minimum Gasteiger partial charge on any atom is -0.366 e. The Labute approximate surface area is 184 Å². The van der Waals surface area contributed by atoms with Crippen molar-refractivity contribution >= 4 is 17.4 Å². The zero-order valence-electron chi connectivity index (χ0n) is 16.9. The van der Waals surface area contributed by atoms with E-state index in [-0.39, 0.29) is 24.6 Å². The predicted octanol–water partition coefficient (Wildman–Crippen LogP) is 6.92. The summed E-state index contributed by atoms with van der Waals surface area (Å²) >= 11 is 6.39. The zero-order valence-corrected chi connectivity index (χ0v) is 17.7. The van der Waals surface area contributed by atoms with Crippen LogP contribution in [0.3, 0.4) is 0 Å². The van der Waals surface area contributed by atoms with Crippen molar-refractivity contribution in [1.82, 2.24) is 9.97 Å². The SMILES string of the molecule is Fc1cccc(CNc2cccc(-c3cc(CC4CCC(F)(F)CC4)ncc3Cl)n2)c1. The molecule has 0 amide bonds. The Morgan fingerprint density at radius 2 is 1.84 bits per heavy atom. The van der Waals surface area contributed by atoms with Gasteiger partial charge in [0.05, 0.1) is 10.7 Å². The molecule has 0 aliphatic heterocycles. The van der Waals surface area contributed by atoms with Crippen LogP contribution in [0, 0.1) is 11.7 Å². The van der Waals surface area contributed by atoms with E-state index < -0.39 is 5.92 Å². The molecule has 3 aromatic rings. The molecule has 1 aliphatic carbocycles. The molecule has 3 nitrogen and oxygen atoms in total. The summed E-state index contributed by atoms with van der Waals surface area (Å²) in [7, 11) is 0. The molecule has 2 heterocycles. The third-order valence-electron chi connectivity index (χ3n) is 5.63. The Morgan fingerprint density at radius 1 is 1.06 bits per heavy atom. The average Bonchev–Trinajstić information content (AvgIpc) is 2.75. The van der Waals surface area contributed by atoms with Crippen LogP contribution >= 0.6 is 11.6 Å². The molecule has 0 unspecified atom stereocenters. The number of hydrogen-bond donors (Lipinski definition) is 1. The highest BCUT2D eigenvalue weighted by Gasteiger charge is 2.34. The highest BCUT2D eigenvalue weighted by molar-refractivity contribution is 6.33. The van der Waals surface area contributed by atoms with Crippen LogP contribution < -0.4 is 5.32 Å². The molecule has 1 aliphatic rings. The van der Waals surface area contributed by atoms with Crippen molar-refractivity contribution in [3.05, 3.63) is 76.8 Å². The number of nitrogens with one attached hydrogen (secondary N) is 1. The Kier molecular flexibility index (Phi) is 6.46. The van der Waals surface area contributed by atoms with Crippen molar-refractivity contribution in [3.8, 4) is 11.3 Å². The summed E-state index contributed by atoms with van der Waals surface area (Å²) in [6.07, 6.45) is 3.14. The van der Waals surface area contributed by atoms with E-state index in [1.165, 1.54) is 12.1 Å². The summed E-state index contributed by atoms with van der Waals surface area (Å²) in [5.74, 6) is -1.96. The van der Waals surface area contributed by atoms with Crippen molar-refractivity contribution in [2.45, 2.75) is 44.6 Å². The highest BCUT2D eigenvalue weighted by Crippen LogP contribution is 2.38. The van der Waals surface area contributed by atoms with Crippen LogP contribution in [0.25, 0.3) is 11.3 Å². The summed E-state index contributed by atoms with van der Waals surface area (Å²) in [4.78, 5) is 9.04. The normalized spacial score (nSPS) is 16.3. The molecule has 0 saturated heterocycles. The second-order valence-electron chi connectivity index (χ2n) is 8.05. The summed E-state index contributed by atoms with van der Waals surface area (Å²) in [6.45, 7) is 0.440. The Balaban J connectivity index is 1.47. The Bertz CT molecular complexity index is 1050. The van der Waals surface area contributed by atoms with Gasteiger partial charge in [-0.2, -0.15) is 0 Å². The van der Waals surface area contributed by atoms with Gasteiger partial charge in [-0.25, -0.2) is 18.2 Å².